The third kappa shape index (κ3) is 3.58. The average Bonchev–Trinajstić information content (AvgIpc) is 2.30. The SMILES string of the molecule is CC(C)CC(C)Nc1nc(C#N)c(C#N)nc1Cl. The van der Waals surface area contributed by atoms with Crippen LogP contribution < -0.4 is 5.32 Å². The van der Waals surface area contributed by atoms with Crippen LogP contribution in [0.5, 0.6) is 0 Å². The van der Waals surface area contributed by atoms with Gasteiger partial charge in [0.2, 0.25) is 0 Å². The molecule has 1 aromatic rings. The summed E-state index contributed by atoms with van der Waals surface area (Å²) in [6.07, 6.45) is 0.944. The van der Waals surface area contributed by atoms with Crippen molar-refractivity contribution < 1.29 is 0 Å². The maximum Gasteiger partial charge on any atom is 0.179 e. The lowest BCUT2D eigenvalue weighted by Crippen LogP contribution is -2.19. The minimum absolute atomic E-state index is 0.0128. The first-order chi connectivity index (χ1) is 8.47. The van der Waals surface area contributed by atoms with Gasteiger partial charge in [-0.15, -0.1) is 0 Å². The molecule has 18 heavy (non-hydrogen) atoms. The second-order valence-electron chi connectivity index (χ2n) is 4.46. The van der Waals surface area contributed by atoms with Crippen LogP contribution in [0.2, 0.25) is 5.15 Å². The third-order valence-electron chi connectivity index (χ3n) is 2.27. The number of nitrogens with zero attached hydrogens (tertiary/aromatic N) is 4. The highest BCUT2D eigenvalue weighted by Crippen LogP contribution is 2.20. The molecule has 0 radical (unpaired) electrons. The summed E-state index contributed by atoms with van der Waals surface area (Å²) >= 11 is 5.92. The van der Waals surface area contributed by atoms with E-state index in [1.807, 2.05) is 13.0 Å². The van der Waals surface area contributed by atoms with E-state index >= 15 is 0 Å². The second kappa shape index (κ2) is 6.18. The number of halogens is 1. The fourth-order valence-corrected chi connectivity index (χ4v) is 1.84. The Balaban J connectivity index is 2.98. The van der Waals surface area contributed by atoms with Crippen LogP contribution in [0.1, 0.15) is 38.6 Å². The van der Waals surface area contributed by atoms with Gasteiger partial charge in [0.15, 0.2) is 22.4 Å². The van der Waals surface area contributed by atoms with Crippen molar-refractivity contribution in [2.75, 3.05) is 5.32 Å². The van der Waals surface area contributed by atoms with Crippen molar-refractivity contribution in [3.63, 3.8) is 0 Å². The zero-order valence-corrected chi connectivity index (χ0v) is 11.3. The zero-order chi connectivity index (χ0) is 13.7. The van der Waals surface area contributed by atoms with Gasteiger partial charge in [0.1, 0.15) is 12.1 Å². The quantitative estimate of drug-likeness (QED) is 0.903. The number of hydrogen-bond donors (Lipinski definition) is 1. The summed E-state index contributed by atoms with van der Waals surface area (Å²) in [7, 11) is 0. The van der Waals surface area contributed by atoms with E-state index in [1.165, 1.54) is 0 Å². The number of nitrogens with one attached hydrogen (secondary N) is 1. The molecule has 0 spiro atoms. The molecule has 0 fully saturated rings. The van der Waals surface area contributed by atoms with Crippen LogP contribution in [-0.4, -0.2) is 16.0 Å². The molecule has 94 valence electrons. The first kappa shape index (κ1) is 14.2. The Morgan fingerprint density at radius 1 is 1.17 bits per heavy atom. The van der Waals surface area contributed by atoms with Crippen molar-refractivity contribution >= 4 is 17.4 Å². The zero-order valence-electron chi connectivity index (χ0n) is 10.5. The molecule has 0 bridgehead atoms. The number of aromatic nitrogens is 2. The van der Waals surface area contributed by atoms with Gasteiger partial charge >= 0.3 is 0 Å². The fourth-order valence-electron chi connectivity index (χ4n) is 1.66. The van der Waals surface area contributed by atoms with E-state index in [0.717, 1.165) is 6.42 Å². The van der Waals surface area contributed by atoms with Crippen molar-refractivity contribution in [3.05, 3.63) is 16.5 Å². The topological polar surface area (TPSA) is 85.4 Å². The van der Waals surface area contributed by atoms with E-state index in [4.69, 9.17) is 22.1 Å². The van der Waals surface area contributed by atoms with Gasteiger partial charge in [0, 0.05) is 6.04 Å². The highest BCUT2D eigenvalue weighted by atomic mass is 35.5. The molecule has 0 aliphatic rings. The molecular weight excluding hydrogens is 250 g/mol. The number of hydrogen-bond acceptors (Lipinski definition) is 5. The van der Waals surface area contributed by atoms with Gasteiger partial charge in [-0.1, -0.05) is 25.4 Å². The Morgan fingerprint density at radius 3 is 2.22 bits per heavy atom. The monoisotopic (exact) mass is 263 g/mol. The van der Waals surface area contributed by atoms with E-state index in [-0.39, 0.29) is 22.6 Å². The molecule has 1 heterocycles. The minimum atomic E-state index is -0.0513. The van der Waals surface area contributed by atoms with Gasteiger partial charge in [-0.25, -0.2) is 9.97 Å². The Bertz CT molecular complexity index is 512. The smallest absolute Gasteiger partial charge is 0.179 e. The standard InChI is InChI=1S/C12H14ClN5/c1-7(2)4-8(3)16-12-11(13)17-9(5-14)10(6-15)18-12/h7-8H,4H2,1-3H3,(H,16,18). The molecular formula is C12H14ClN5. The fraction of sp³-hybridized carbons (Fsp3) is 0.500. The molecule has 0 saturated heterocycles. The Morgan fingerprint density at radius 2 is 1.72 bits per heavy atom. The molecule has 1 unspecified atom stereocenters. The molecule has 0 amide bonds. The van der Waals surface area contributed by atoms with Crippen LogP contribution in [0.25, 0.3) is 0 Å². The normalized spacial score (nSPS) is 11.7. The van der Waals surface area contributed by atoms with E-state index < -0.39 is 0 Å². The molecule has 5 nitrogen and oxygen atoms in total. The van der Waals surface area contributed by atoms with Crippen molar-refractivity contribution in [2.45, 2.75) is 33.2 Å². The predicted molar refractivity (Wildman–Crippen MR) is 69.0 cm³/mol. The maximum atomic E-state index is 8.87. The number of nitriles is 2. The summed E-state index contributed by atoms with van der Waals surface area (Å²) in [4.78, 5) is 7.87. The van der Waals surface area contributed by atoms with Crippen LogP contribution in [0.4, 0.5) is 5.82 Å². The van der Waals surface area contributed by atoms with E-state index in [1.54, 1.807) is 6.07 Å². The summed E-state index contributed by atoms with van der Waals surface area (Å²) in [5, 5.41) is 20.9. The largest absolute Gasteiger partial charge is 0.365 e. The molecule has 1 N–H and O–H groups in total. The van der Waals surface area contributed by atoms with Crippen molar-refractivity contribution in [2.24, 2.45) is 5.92 Å². The lowest BCUT2D eigenvalue weighted by Gasteiger charge is -2.17. The van der Waals surface area contributed by atoms with E-state index in [2.05, 4.69) is 29.1 Å². The summed E-state index contributed by atoms with van der Waals surface area (Å²) in [6, 6.07) is 3.79. The molecule has 0 aliphatic carbocycles. The highest BCUT2D eigenvalue weighted by molar-refractivity contribution is 6.31. The second-order valence-corrected chi connectivity index (χ2v) is 4.82. The molecule has 0 saturated carbocycles. The van der Waals surface area contributed by atoms with Crippen LogP contribution in [0.3, 0.4) is 0 Å². The first-order valence-corrected chi connectivity index (χ1v) is 6.00. The van der Waals surface area contributed by atoms with Gasteiger partial charge in [-0.05, 0) is 19.3 Å². The van der Waals surface area contributed by atoms with Crippen LogP contribution in [-0.2, 0) is 0 Å². The Labute approximate surface area is 111 Å². The molecule has 0 aromatic carbocycles. The van der Waals surface area contributed by atoms with Crippen molar-refractivity contribution in [1.82, 2.24) is 9.97 Å². The summed E-state index contributed by atoms with van der Waals surface area (Å²) in [5.41, 5.74) is -0.0642. The predicted octanol–water partition coefficient (Wildman–Crippen LogP) is 2.72. The summed E-state index contributed by atoms with van der Waals surface area (Å²) in [5.74, 6) is 0.883. The van der Waals surface area contributed by atoms with Gasteiger partial charge in [0.25, 0.3) is 0 Å². The Hall–Kier alpha value is -1.85. The van der Waals surface area contributed by atoms with Gasteiger partial charge in [-0.3, -0.25) is 0 Å². The highest BCUT2D eigenvalue weighted by Gasteiger charge is 2.14. The van der Waals surface area contributed by atoms with Gasteiger partial charge in [0.05, 0.1) is 0 Å². The third-order valence-corrected chi connectivity index (χ3v) is 2.54. The lowest BCUT2D eigenvalue weighted by molar-refractivity contribution is 0.538. The molecule has 6 heteroatoms. The lowest BCUT2D eigenvalue weighted by atomic mass is 10.1. The molecule has 1 aromatic heterocycles. The summed E-state index contributed by atoms with van der Waals surface area (Å²) in [6.45, 7) is 6.23. The summed E-state index contributed by atoms with van der Waals surface area (Å²) < 4.78 is 0. The van der Waals surface area contributed by atoms with E-state index in [9.17, 15) is 0 Å². The van der Waals surface area contributed by atoms with Crippen LogP contribution >= 0.6 is 11.6 Å². The van der Waals surface area contributed by atoms with Crippen LogP contribution in [0.15, 0.2) is 0 Å². The number of rotatable bonds is 4. The number of anilines is 1. The van der Waals surface area contributed by atoms with Crippen LogP contribution in [0, 0.1) is 28.6 Å². The van der Waals surface area contributed by atoms with Gasteiger partial charge in [-0.2, -0.15) is 10.5 Å². The van der Waals surface area contributed by atoms with Crippen molar-refractivity contribution in [1.29, 1.82) is 10.5 Å². The van der Waals surface area contributed by atoms with Gasteiger partial charge < -0.3 is 5.32 Å². The average molecular weight is 264 g/mol. The minimum Gasteiger partial charge on any atom is -0.365 e. The van der Waals surface area contributed by atoms with Crippen molar-refractivity contribution in [3.8, 4) is 12.1 Å². The van der Waals surface area contributed by atoms with E-state index in [0.29, 0.717) is 11.7 Å². The molecule has 0 aliphatic heterocycles. The molecule has 1 rings (SSSR count). The Kier molecular flexibility index (Phi) is 4.88. The maximum absolute atomic E-state index is 8.87. The first-order valence-electron chi connectivity index (χ1n) is 5.62. The molecule has 1 atom stereocenters.